The topological polar surface area (TPSA) is 84.2 Å². The number of alkyl halides is 3. The first kappa shape index (κ1) is 14.5. The van der Waals surface area contributed by atoms with Crippen LogP contribution in [-0.2, 0) is 10.2 Å². The second-order valence-electron chi connectivity index (χ2n) is 3.28. The molecule has 102 valence electrons. The van der Waals surface area contributed by atoms with E-state index in [0.29, 0.717) is 0 Å². The fourth-order valence-electron chi connectivity index (χ4n) is 0.975. The third kappa shape index (κ3) is 4.75. The van der Waals surface area contributed by atoms with Crippen molar-refractivity contribution < 1.29 is 26.0 Å². The average Bonchev–Trinajstić information content (AvgIpc) is 2.20. The van der Waals surface area contributed by atoms with Crippen molar-refractivity contribution in [3.8, 4) is 0 Å². The molecule has 1 rings (SSSR count). The van der Waals surface area contributed by atoms with E-state index in [1.807, 2.05) is 0 Å². The van der Waals surface area contributed by atoms with E-state index in [4.69, 9.17) is 5.73 Å². The van der Waals surface area contributed by atoms with Gasteiger partial charge in [0.05, 0.1) is 11.4 Å². The van der Waals surface area contributed by atoms with Gasteiger partial charge in [-0.1, -0.05) is 0 Å². The van der Waals surface area contributed by atoms with Gasteiger partial charge < -0.3 is 5.73 Å². The lowest BCUT2D eigenvalue weighted by molar-refractivity contribution is -0.121. The highest BCUT2D eigenvalue weighted by molar-refractivity contribution is 7.90. The molecular weight excluding hydrogens is 278 g/mol. The molecule has 0 aromatic heterocycles. The van der Waals surface area contributed by atoms with E-state index in [1.54, 1.807) is 4.72 Å². The van der Waals surface area contributed by atoms with Crippen molar-refractivity contribution in [3.05, 3.63) is 24.0 Å². The highest BCUT2D eigenvalue weighted by Crippen LogP contribution is 2.17. The smallest absolute Gasteiger partial charge is 0.396 e. The Morgan fingerprint density at radius 2 is 1.89 bits per heavy atom. The number of hydrogen-bond acceptors (Lipinski definition) is 3. The van der Waals surface area contributed by atoms with Crippen LogP contribution in [0.25, 0.3) is 0 Å². The molecule has 0 aliphatic carbocycles. The molecule has 1 aromatic carbocycles. The van der Waals surface area contributed by atoms with Crippen LogP contribution in [-0.4, -0.2) is 21.1 Å². The van der Waals surface area contributed by atoms with Crippen molar-refractivity contribution in [2.75, 3.05) is 17.0 Å². The highest BCUT2D eigenvalue weighted by Gasteiger charge is 2.29. The molecule has 0 saturated heterocycles. The van der Waals surface area contributed by atoms with Crippen LogP contribution in [0, 0.1) is 5.82 Å². The molecule has 0 heterocycles. The SMILES string of the molecule is Nc1cc(NS(=O)(=O)NCC(F)(F)F)ccc1F. The summed E-state index contributed by atoms with van der Waals surface area (Å²) in [6.07, 6.45) is -4.67. The van der Waals surface area contributed by atoms with Crippen LogP contribution in [0.5, 0.6) is 0 Å². The van der Waals surface area contributed by atoms with Gasteiger partial charge in [-0.25, -0.2) is 4.39 Å². The number of nitrogens with one attached hydrogen (secondary N) is 2. The number of nitrogens with two attached hydrogens (primary N) is 1. The van der Waals surface area contributed by atoms with E-state index < -0.39 is 28.7 Å². The Hall–Kier alpha value is -1.55. The van der Waals surface area contributed by atoms with Crippen LogP contribution in [0.4, 0.5) is 28.9 Å². The minimum atomic E-state index is -4.67. The van der Waals surface area contributed by atoms with Crippen LogP contribution >= 0.6 is 0 Å². The van der Waals surface area contributed by atoms with Crippen molar-refractivity contribution in [3.63, 3.8) is 0 Å². The number of anilines is 2. The summed E-state index contributed by atoms with van der Waals surface area (Å²) in [6.45, 7) is -1.71. The van der Waals surface area contributed by atoms with Crippen molar-refractivity contribution in [1.29, 1.82) is 0 Å². The first-order valence-electron chi connectivity index (χ1n) is 4.48. The van der Waals surface area contributed by atoms with Gasteiger partial charge in [0, 0.05) is 0 Å². The molecule has 0 bridgehead atoms. The number of rotatable bonds is 4. The molecule has 4 N–H and O–H groups in total. The van der Waals surface area contributed by atoms with Gasteiger partial charge in [0.25, 0.3) is 10.2 Å². The number of nitrogen functional groups attached to an aromatic ring is 1. The second-order valence-corrected chi connectivity index (χ2v) is 4.78. The molecule has 0 amide bonds. The standard InChI is InChI=1S/C8H9F4N3O2S/c9-6-2-1-5(3-7(6)13)15-18(16,17)14-4-8(10,11)12/h1-3,14-15H,4,13H2. The summed E-state index contributed by atoms with van der Waals surface area (Å²) >= 11 is 0. The van der Waals surface area contributed by atoms with Crippen LogP contribution in [0.3, 0.4) is 0 Å². The van der Waals surface area contributed by atoms with Gasteiger partial charge in [0.1, 0.15) is 12.4 Å². The quantitative estimate of drug-likeness (QED) is 0.575. The van der Waals surface area contributed by atoms with Gasteiger partial charge in [0.2, 0.25) is 0 Å². The Morgan fingerprint density at radius 1 is 1.28 bits per heavy atom. The summed E-state index contributed by atoms with van der Waals surface area (Å²) in [5.74, 6) is -0.763. The molecule has 0 radical (unpaired) electrons. The first-order chi connectivity index (χ1) is 8.09. The first-order valence-corrected chi connectivity index (χ1v) is 5.96. The summed E-state index contributed by atoms with van der Waals surface area (Å²) < 4.78 is 73.7. The molecule has 0 saturated carbocycles. The Labute approximate surface area is 100 Å². The molecule has 1 aromatic rings. The van der Waals surface area contributed by atoms with Gasteiger partial charge in [-0.2, -0.15) is 26.3 Å². The molecule has 0 aliphatic heterocycles. The minimum absolute atomic E-state index is 0.149. The predicted octanol–water partition coefficient (Wildman–Crippen LogP) is 1.22. The lowest BCUT2D eigenvalue weighted by Gasteiger charge is -2.11. The molecular formula is C8H9F4N3O2S. The molecule has 5 nitrogen and oxygen atoms in total. The number of hydrogen-bond donors (Lipinski definition) is 3. The van der Waals surface area contributed by atoms with Gasteiger partial charge in [-0.15, -0.1) is 0 Å². The Balaban J connectivity index is 2.74. The summed E-state index contributed by atoms with van der Waals surface area (Å²) in [6, 6.07) is 2.86. The minimum Gasteiger partial charge on any atom is -0.396 e. The van der Waals surface area contributed by atoms with Crippen LogP contribution < -0.4 is 15.2 Å². The van der Waals surface area contributed by atoms with Gasteiger partial charge in [-0.3, -0.25) is 4.72 Å². The molecule has 0 spiro atoms. The molecule has 0 fully saturated rings. The van der Waals surface area contributed by atoms with Crippen molar-refractivity contribution in [2.24, 2.45) is 0 Å². The summed E-state index contributed by atoms with van der Waals surface area (Å²) in [5.41, 5.74) is 4.70. The summed E-state index contributed by atoms with van der Waals surface area (Å²) in [4.78, 5) is 0. The van der Waals surface area contributed by atoms with Crippen molar-refractivity contribution in [1.82, 2.24) is 4.72 Å². The van der Waals surface area contributed by atoms with Crippen molar-refractivity contribution >= 4 is 21.6 Å². The molecule has 0 unspecified atom stereocenters. The largest absolute Gasteiger partial charge is 0.402 e. The van der Waals surface area contributed by atoms with Crippen LogP contribution in [0.1, 0.15) is 0 Å². The second kappa shape index (κ2) is 4.98. The Kier molecular flexibility index (Phi) is 4.02. The fraction of sp³-hybridized carbons (Fsp3) is 0.250. The van der Waals surface area contributed by atoms with E-state index in [0.717, 1.165) is 18.2 Å². The molecule has 18 heavy (non-hydrogen) atoms. The lowest BCUT2D eigenvalue weighted by atomic mass is 10.3. The molecule has 0 aliphatic rings. The third-order valence-corrected chi connectivity index (χ3v) is 2.74. The Morgan fingerprint density at radius 3 is 2.39 bits per heavy atom. The van der Waals surface area contributed by atoms with Gasteiger partial charge in [0.15, 0.2) is 0 Å². The van der Waals surface area contributed by atoms with Crippen molar-refractivity contribution in [2.45, 2.75) is 6.18 Å². The average molecular weight is 287 g/mol. The molecule has 10 heteroatoms. The zero-order chi connectivity index (χ0) is 14.0. The monoisotopic (exact) mass is 287 g/mol. The van der Waals surface area contributed by atoms with E-state index >= 15 is 0 Å². The predicted molar refractivity (Wildman–Crippen MR) is 57.4 cm³/mol. The maximum Gasteiger partial charge on any atom is 0.402 e. The van der Waals surface area contributed by atoms with Gasteiger partial charge >= 0.3 is 6.18 Å². The zero-order valence-electron chi connectivity index (χ0n) is 8.75. The zero-order valence-corrected chi connectivity index (χ0v) is 9.57. The highest BCUT2D eigenvalue weighted by atomic mass is 32.2. The van der Waals surface area contributed by atoms with E-state index in [9.17, 15) is 26.0 Å². The summed E-state index contributed by atoms with van der Waals surface area (Å²) in [7, 11) is -4.40. The van der Waals surface area contributed by atoms with Crippen LogP contribution in [0.2, 0.25) is 0 Å². The third-order valence-electron chi connectivity index (χ3n) is 1.71. The lowest BCUT2D eigenvalue weighted by Crippen LogP contribution is -2.37. The maximum absolute atomic E-state index is 12.8. The molecule has 0 atom stereocenters. The number of halogens is 4. The van der Waals surface area contributed by atoms with Gasteiger partial charge in [-0.05, 0) is 18.2 Å². The number of benzene rings is 1. The summed E-state index contributed by atoms with van der Waals surface area (Å²) in [5, 5.41) is 0. The fourth-order valence-corrected chi connectivity index (χ4v) is 1.84. The maximum atomic E-state index is 12.8. The van der Waals surface area contributed by atoms with E-state index in [1.165, 1.54) is 4.72 Å². The van der Waals surface area contributed by atoms with Crippen LogP contribution in [0.15, 0.2) is 18.2 Å². The van der Waals surface area contributed by atoms with E-state index in [-0.39, 0.29) is 11.4 Å². The normalized spacial score (nSPS) is 12.4. The van der Waals surface area contributed by atoms with E-state index in [2.05, 4.69) is 0 Å². The Bertz CT molecular complexity index is 530.